The number of benzene rings is 6. The first-order valence-electron chi connectivity index (χ1n) is 17.7. The van der Waals surface area contributed by atoms with Crippen molar-refractivity contribution in [3.05, 3.63) is 181 Å². The minimum atomic E-state index is -0.740. The molecule has 0 aliphatic carbocycles. The number of nitrogens with zero attached hydrogens (tertiary/aromatic N) is 5. The second-order valence-corrected chi connectivity index (χ2v) is 13.2. The Bertz CT molecular complexity index is 3020. The molecule has 0 unspecified atom stereocenters. The van der Waals surface area contributed by atoms with Crippen LogP contribution in [-0.2, 0) is 0 Å². The van der Waals surface area contributed by atoms with Gasteiger partial charge in [0.1, 0.15) is 14.5 Å². The highest BCUT2D eigenvalue weighted by Gasteiger charge is 2.23. The van der Waals surface area contributed by atoms with Gasteiger partial charge in [0.05, 0.1) is 22.1 Å². The molecule has 0 aliphatic heterocycles. The number of allylic oxidation sites excluding steroid dienone is 3. The third kappa shape index (κ3) is 5.65. The van der Waals surface area contributed by atoms with Gasteiger partial charge in [-0.05, 0) is 47.5 Å². The molecule has 0 saturated carbocycles. The summed E-state index contributed by atoms with van der Waals surface area (Å²) in [6.45, 7) is 3.48. The predicted octanol–water partition coefficient (Wildman–Crippen LogP) is 9.79. The second kappa shape index (κ2) is 13.6. The number of hydrogen-bond donors (Lipinski definition) is 3. The minimum Gasteiger partial charge on any atom is -0.506 e. The molecule has 3 heterocycles. The van der Waals surface area contributed by atoms with E-state index in [1.807, 2.05) is 72.8 Å². The maximum atomic E-state index is 10.3. The minimum absolute atomic E-state index is 0.0853. The molecule has 55 heavy (non-hydrogen) atoms. The lowest BCUT2D eigenvalue weighted by molar-refractivity contribution is 0.232. The molecule has 2 radical (unpaired) electrons. The highest BCUT2D eigenvalue weighted by Crippen LogP contribution is 2.42. The van der Waals surface area contributed by atoms with Crippen LogP contribution in [0, 0.1) is 0 Å². The van der Waals surface area contributed by atoms with Gasteiger partial charge in [-0.1, -0.05) is 127 Å². The van der Waals surface area contributed by atoms with Gasteiger partial charge in [-0.15, -0.1) is 0 Å². The lowest BCUT2D eigenvalue weighted by atomic mass is 9.83. The van der Waals surface area contributed by atoms with Crippen molar-refractivity contribution in [1.82, 2.24) is 24.1 Å². The summed E-state index contributed by atoms with van der Waals surface area (Å²) in [5.74, 6) is 0.125. The van der Waals surface area contributed by atoms with E-state index in [1.54, 1.807) is 0 Å². The fraction of sp³-hybridized carbons (Fsp3) is 0.0217. The first-order valence-corrected chi connectivity index (χ1v) is 17.7. The summed E-state index contributed by atoms with van der Waals surface area (Å²) in [5, 5.41) is 33.8. The molecule has 3 N–H and O–H groups in total. The summed E-state index contributed by atoms with van der Waals surface area (Å²) in [7, 11) is 6.40. The van der Waals surface area contributed by atoms with E-state index in [0.29, 0.717) is 34.3 Å². The van der Waals surface area contributed by atoms with Gasteiger partial charge in [-0.25, -0.2) is 4.98 Å². The van der Waals surface area contributed by atoms with Gasteiger partial charge < -0.3 is 19.9 Å². The van der Waals surface area contributed by atoms with Gasteiger partial charge in [0, 0.05) is 38.4 Å². The zero-order valence-corrected chi connectivity index (χ0v) is 29.5. The van der Waals surface area contributed by atoms with Crippen molar-refractivity contribution in [2.45, 2.75) is 0 Å². The lowest BCUT2D eigenvalue weighted by Gasteiger charge is -2.15. The average molecular weight is 714 g/mol. The molecule has 0 saturated heterocycles. The monoisotopic (exact) mass is 713 g/mol. The van der Waals surface area contributed by atoms with Crippen LogP contribution >= 0.6 is 0 Å². The van der Waals surface area contributed by atoms with Crippen LogP contribution in [0.1, 0.15) is 5.56 Å². The topological polar surface area (TPSA) is 109 Å². The number of para-hydroxylation sites is 3. The predicted molar refractivity (Wildman–Crippen MR) is 222 cm³/mol. The zero-order chi connectivity index (χ0) is 37.6. The largest absolute Gasteiger partial charge is 0.506 e. The molecule has 9 heteroatoms. The van der Waals surface area contributed by atoms with Gasteiger partial charge in [0.25, 0.3) is 0 Å². The molecule has 3 aromatic heterocycles. The SMILES string of the molecule is [B]/C(=C/C(O)=C(/O)CO)C(=C)c1ccccc1-c1nc(-c2ccccc2)nc(-n2c3ccccc3c3ccc4c(c5ccccc5n4-c4ccccc4)c32)n1. The van der Waals surface area contributed by atoms with E-state index >= 15 is 0 Å². The molecule has 0 aliphatic rings. The smallest absolute Gasteiger partial charge is 0.238 e. The van der Waals surface area contributed by atoms with Crippen LogP contribution in [0.2, 0.25) is 0 Å². The Kier molecular flexibility index (Phi) is 8.33. The molecule has 0 amide bonds. The van der Waals surface area contributed by atoms with Crippen molar-refractivity contribution in [3.63, 3.8) is 0 Å². The molecule has 0 fully saturated rings. The first kappa shape index (κ1) is 33.6. The Hall–Kier alpha value is -7.23. The van der Waals surface area contributed by atoms with Crippen LogP contribution in [0.5, 0.6) is 0 Å². The van der Waals surface area contributed by atoms with Gasteiger partial charge >= 0.3 is 0 Å². The van der Waals surface area contributed by atoms with Crippen LogP contribution in [0.3, 0.4) is 0 Å². The summed E-state index contributed by atoms with van der Waals surface area (Å²) in [5.41, 5.74) is 7.60. The van der Waals surface area contributed by atoms with E-state index < -0.39 is 18.1 Å². The third-order valence-corrected chi connectivity index (χ3v) is 9.92. The Labute approximate surface area is 317 Å². The van der Waals surface area contributed by atoms with Crippen molar-refractivity contribution < 1.29 is 15.3 Å². The van der Waals surface area contributed by atoms with Crippen molar-refractivity contribution in [2.75, 3.05) is 6.61 Å². The van der Waals surface area contributed by atoms with Crippen LogP contribution in [0.15, 0.2) is 175 Å². The van der Waals surface area contributed by atoms with Crippen molar-refractivity contribution in [1.29, 1.82) is 0 Å². The van der Waals surface area contributed by atoms with Crippen LogP contribution in [0.25, 0.3) is 83.6 Å². The Balaban J connectivity index is 1.36. The number of aliphatic hydroxyl groups excluding tert-OH is 3. The Morgan fingerprint density at radius 2 is 1.24 bits per heavy atom. The summed E-state index contributed by atoms with van der Waals surface area (Å²) < 4.78 is 4.44. The molecular weight excluding hydrogens is 681 g/mol. The molecule has 0 spiro atoms. The highest BCUT2D eigenvalue weighted by molar-refractivity contribution is 6.30. The number of fused-ring (bicyclic) bond motifs is 7. The van der Waals surface area contributed by atoms with Crippen LogP contribution in [-0.4, -0.2) is 53.9 Å². The number of aromatic nitrogens is 5. The number of aliphatic hydroxyl groups is 3. The first-order chi connectivity index (χ1) is 26.9. The van der Waals surface area contributed by atoms with Gasteiger partial charge in [-0.3, -0.25) is 4.57 Å². The van der Waals surface area contributed by atoms with Crippen LogP contribution in [0.4, 0.5) is 0 Å². The molecule has 9 aromatic rings. The Morgan fingerprint density at radius 1 is 0.618 bits per heavy atom. The van der Waals surface area contributed by atoms with E-state index in [-0.39, 0.29) is 5.47 Å². The van der Waals surface area contributed by atoms with E-state index in [2.05, 4.69) is 88.5 Å². The van der Waals surface area contributed by atoms with Gasteiger partial charge in [-0.2, -0.15) is 9.97 Å². The van der Waals surface area contributed by atoms with Gasteiger partial charge in [0.15, 0.2) is 23.2 Å². The summed E-state index contributed by atoms with van der Waals surface area (Å²) in [6.07, 6.45) is 1.16. The summed E-state index contributed by atoms with van der Waals surface area (Å²) in [6, 6.07) is 48.8. The van der Waals surface area contributed by atoms with Crippen molar-refractivity contribution in [3.8, 4) is 34.4 Å². The fourth-order valence-electron chi connectivity index (χ4n) is 7.37. The quantitative estimate of drug-likeness (QED) is 0.0822. The Morgan fingerprint density at radius 3 is 1.98 bits per heavy atom. The maximum Gasteiger partial charge on any atom is 0.238 e. The zero-order valence-electron chi connectivity index (χ0n) is 29.5. The third-order valence-electron chi connectivity index (χ3n) is 9.92. The summed E-state index contributed by atoms with van der Waals surface area (Å²) >= 11 is 0. The van der Waals surface area contributed by atoms with E-state index in [0.717, 1.165) is 60.9 Å². The molecule has 0 bridgehead atoms. The average Bonchev–Trinajstić information content (AvgIpc) is 3.76. The highest BCUT2D eigenvalue weighted by atomic mass is 16.3. The molecule has 262 valence electrons. The molecule has 6 aromatic carbocycles. The second-order valence-electron chi connectivity index (χ2n) is 13.2. The van der Waals surface area contributed by atoms with Crippen LogP contribution < -0.4 is 0 Å². The van der Waals surface area contributed by atoms with E-state index in [1.165, 1.54) is 0 Å². The number of rotatable bonds is 8. The standard InChI is InChI=1S/C46H32BN5O3/c1-28(36(47)26-40(54)41(55)27-53)31-18-8-9-20-34(31)45-48-44(29-14-4-2-5-15-29)49-46(50-45)52-37-22-12-10-19-32(37)33-24-25-39-42(43(33)52)35-21-11-13-23-38(35)51(39)30-16-6-3-7-17-30/h2-26,53-55H,1,27H2/b36-26+,41-40-. The van der Waals surface area contributed by atoms with Crippen molar-refractivity contribution in [2.24, 2.45) is 0 Å². The summed E-state index contributed by atoms with van der Waals surface area (Å²) in [4.78, 5) is 15.4. The normalized spacial score (nSPS) is 12.5. The maximum absolute atomic E-state index is 10.3. The van der Waals surface area contributed by atoms with Crippen molar-refractivity contribution >= 4 is 57.0 Å². The number of hydrogen-bond acceptors (Lipinski definition) is 6. The van der Waals surface area contributed by atoms with E-state index in [9.17, 15) is 15.3 Å². The van der Waals surface area contributed by atoms with E-state index in [4.69, 9.17) is 22.8 Å². The molecule has 9 rings (SSSR count). The molecule has 0 atom stereocenters. The van der Waals surface area contributed by atoms with Gasteiger partial charge in [0.2, 0.25) is 5.95 Å². The molecular formula is C46H32BN5O3. The fourth-order valence-corrected chi connectivity index (χ4v) is 7.37. The molecule has 8 nitrogen and oxygen atoms in total. The lowest BCUT2D eigenvalue weighted by Crippen LogP contribution is -2.07.